The molecule has 20 heavy (non-hydrogen) atoms. The van der Waals surface area contributed by atoms with Crippen LogP contribution in [-0.4, -0.2) is 42.0 Å². The average molecular weight is 273 g/mol. The average Bonchev–Trinajstić information content (AvgIpc) is 2.94. The molecule has 4 heteroatoms. The van der Waals surface area contributed by atoms with Crippen LogP contribution in [-0.2, 0) is 0 Å². The van der Waals surface area contributed by atoms with Gasteiger partial charge in [0.2, 0.25) is 0 Å². The normalized spacial score (nSPS) is 11.2. The molecule has 0 unspecified atom stereocenters. The Morgan fingerprint density at radius 3 is 2.85 bits per heavy atom. The van der Waals surface area contributed by atoms with Crippen LogP contribution in [0.25, 0.3) is 10.9 Å². The number of hydrogen-bond acceptors (Lipinski definition) is 2. The van der Waals surface area contributed by atoms with Gasteiger partial charge < -0.3 is 15.2 Å². The second kappa shape index (κ2) is 7.10. The number of nitrogens with one attached hydrogen (secondary N) is 2. The Bertz CT molecular complexity index is 562. The van der Waals surface area contributed by atoms with E-state index in [9.17, 15) is 4.79 Å². The van der Waals surface area contributed by atoms with Gasteiger partial charge in [-0.1, -0.05) is 19.9 Å². The Morgan fingerprint density at radius 1 is 1.25 bits per heavy atom. The van der Waals surface area contributed by atoms with Crippen LogP contribution in [0.3, 0.4) is 0 Å². The minimum atomic E-state index is 0.00255. The molecule has 2 aromatic rings. The van der Waals surface area contributed by atoms with Gasteiger partial charge in [0.05, 0.1) is 0 Å². The van der Waals surface area contributed by atoms with Gasteiger partial charge in [0, 0.05) is 35.8 Å². The molecule has 2 rings (SSSR count). The summed E-state index contributed by atoms with van der Waals surface area (Å²) in [6, 6.07) is 7.70. The smallest absolute Gasteiger partial charge is 0.252 e. The Hall–Kier alpha value is -1.81. The fourth-order valence-corrected chi connectivity index (χ4v) is 2.45. The van der Waals surface area contributed by atoms with E-state index in [2.05, 4.69) is 29.0 Å². The highest BCUT2D eigenvalue weighted by Gasteiger charge is 2.10. The van der Waals surface area contributed by atoms with Crippen molar-refractivity contribution in [3.63, 3.8) is 0 Å². The third-order valence-electron chi connectivity index (χ3n) is 3.54. The number of aromatic amines is 1. The van der Waals surface area contributed by atoms with Crippen LogP contribution < -0.4 is 5.32 Å². The highest BCUT2D eigenvalue weighted by atomic mass is 16.1. The summed E-state index contributed by atoms with van der Waals surface area (Å²) in [6.45, 7) is 8.02. The van der Waals surface area contributed by atoms with Crippen LogP contribution in [0.5, 0.6) is 0 Å². The largest absolute Gasteiger partial charge is 0.361 e. The molecule has 1 aromatic heterocycles. The maximum atomic E-state index is 12.2. The van der Waals surface area contributed by atoms with Crippen molar-refractivity contribution in [2.75, 3.05) is 26.2 Å². The number of carbonyl (C=O) groups excluding carboxylic acids is 1. The first-order chi connectivity index (χ1) is 9.76. The van der Waals surface area contributed by atoms with Gasteiger partial charge in [0.1, 0.15) is 0 Å². The summed E-state index contributed by atoms with van der Waals surface area (Å²) in [5.41, 5.74) is 1.74. The quantitative estimate of drug-likeness (QED) is 0.814. The second-order valence-corrected chi connectivity index (χ2v) is 4.93. The van der Waals surface area contributed by atoms with Gasteiger partial charge in [-0.3, -0.25) is 4.79 Å². The zero-order chi connectivity index (χ0) is 14.4. The Balaban J connectivity index is 1.93. The number of hydrogen-bond donors (Lipinski definition) is 2. The van der Waals surface area contributed by atoms with Gasteiger partial charge in [-0.2, -0.15) is 0 Å². The van der Waals surface area contributed by atoms with E-state index in [0.29, 0.717) is 6.54 Å². The number of likely N-dealkylation sites (N-methyl/N-ethyl adjacent to an activating group) is 1. The second-order valence-electron chi connectivity index (χ2n) is 4.93. The van der Waals surface area contributed by atoms with Crippen LogP contribution in [0.15, 0.2) is 30.5 Å². The van der Waals surface area contributed by atoms with E-state index >= 15 is 0 Å². The first-order valence-electron chi connectivity index (χ1n) is 7.33. The number of fused-ring (bicyclic) bond motifs is 1. The zero-order valence-electron chi connectivity index (χ0n) is 12.3. The molecule has 0 spiro atoms. The van der Waals surface area contributed by atoms with E-state index < -0.39 is 0 Å². The summed E-state index contributed by atoms with van der Waals surface area (Å²) in [7, 11) is 0. The molecular weight excluding hydrogens is 250 g/mol. The molecule has 0 bridgehead atoms. The molecule has 4 nitrogen and oxygen atoms in total. The molecule has 1 heterocycles. The fraction of sp³-hybridized carbons (Fsp3) is 0.438. The lowest BCUT2D eigenvalue weighted by molar-refractivity contribution is 0.0950. The first kappa shape index (κ1) is 14.6. The molecule has 0 radical (unpaired) electrons. The van der Waals surface area contributed by atoms with E-state index in [-0.39, 0.29) is 5.91 Å². The lowest BCUT2D eigenvalue weighted by Gasteiger charge is -2.19. The van der Waals surface area contributed by atoms with Crippen molar-refractivity contribution in [3.05, 3.63) is 36.0 Å². The van der Waals surface area contributed by atoms with E-state index in [1.54, 1.807) is 0 Å². The van der Waals surface area contributed by atoms with Crippen LogP contribution in [0.2, 0.25) is 0 Å². The predicted octanol–water partition coefficient (Wildman–Crippen LogP) is 2.63. The summed E-state index contributed by atoms with van der Waals surface area (Å²) in [6.07, 6.45) is 3.01. The van der Waals surface area contributed by atoms with Crippen LogP contribution in [0.1, 0.15) is 30.6 Å². The SMILES string of the molecule is CCCN(CC)CCNC(=O)c1cccc2[nH]ccc12. The van der Waals surface area contributed by atoms with Gasteiger partial charge in [-0.25, -0.2) is 0 Å². The fourth-order valence-electron chi connectivity index (χ4n) is 2.45. The maximum absolute atomic E-state index is 12.2. The molecule has 1 amide bonds. The summed E-state index contributed by atoms with van der Waals surface area (Å²) in [5, 5.41) is 3.99. The molecule has 0 saturated carbocycles. The number of aromatic nitrogens is 1. The van der Waals surface area contributed by atoms with Crippen molar-refractivity contribution < 1.29 is 4.79 Å². The lowest BCUT2D eigenvalue weighted by Crippen LogP contribution is -2.35. The number of benzene rings is 1. The molecule has 0 aliphatic carbocycles. The van der Waals surface area contributed by atoms with E-state index in [1.165, 1.54) is 0 Å². The minimum absolute atomic E-state index is 0.00255. The van der Waals surface area contributed by atoms with Crippen molar-refractivity contribution in [2.24, 2.45) is 0 Å². The van der Waals surface area contributed by atoms with Crippen molar-refractivity contribution >= 4 is 16.8 Å². The van der Waals surface area contributed by atoms with Gasteiger partial charge in [0.25, 0.3) is 5.91 Å². The maximum Gasteiger partial charge on any atom is 0.252 e. The summed E-state index contributed by atoms with van der Waals surface area (Å²) >= 11 is 0. The van der Waals surface area contributed by atoms with Crippen molar-refractivity contribution in [1.29, 1.82) is 0 Å². The highest BCUT2D eigenvalue weighted by molar-refractivity contribution is 6.06. The summed E-state index contributed by atoms with van der Waals surface area (Å²) < 4.78 is 0. The zero-order valence-corrected chi connectivity index (χ0v) is 12.3. The topological polar surface area (TPSA) is 48.1 Å². The molecule has 0 saturated heterocycles. The molecule has 2 N–H and O–H groups in total. The Labute approximate surface area is 120 Å². The van der Waals surface area contributed by atoms with Crippen molar-refractivity contribution in [1.82, 2.24) is 15.2 Å². The monoisotopic (exact) mass is 273 g/mol. The van der Waals surface area contributed by atoms with Crippen LogP contribution >= 0.6 is 0 Å². The number of amides is 1. The molecule has 0 aliphatic rings. The van der Waals surface area contributed by atoms with Gasteiger partial charge >= 0.3 is 0 Å². The van der Waals surface area contributed by atoms with E-state index in [0.717, 1.165) is 42.5 Å². The van der Waals surface area contributed by atoms with Gasteiger partial charge in [-0.15, -0.1) is 0 Å². The third kappa shape index (κ3) is 3.39. The highest BCUT2D eigenvalue weighted by Crippen LogP contribution is 2.16. The summed E-state index contributed by atoms with van der Waals surface area (Å²) in [4.78, 5) is 17.7. The number of carbonyl (C=O) groups is 1. The third-order valence-corrected chi connectivity index (χ3v) is 3.54. The molecule has 0 fully saturated rings. The van der Waals surface area contributed by atoms with Crippen molar-refractivity contribution in [2.45, 2.75) is 20.3 Å². The van der Waals surface area contributed by atoms with Crippen LogP contribution in [0.4, 0.5) is 0 Å². The Morgan fingerprint density at radius 2 is 2.10 bits per heavy atom. The molecular formula is C16H23N3O. The Kier molecular flexibility index (Phi) is 5.18. The standard InChI is InChI=1S/C16H23N3O/c1-3-11-19(4-2)12-10-18-16(20)14-6-5-7-15-13(14)8-9-17-15/h5-9,17H,3-4,10-12H2,1-2H3,(H,18,20). The van der Waals surface area contributed by atoms with Crippen molar-refractivity contribution in [3.8, 4) is 0 Å². The molecule has 108 valence electrons. The van der Waals surface area contributed by atoms with E-state index in [4.69, 9.17) is 0 Å². The molecule has 1 aromatic carbocycles. The first-order valence-corrected chi connectivity index (χ1v) is 7.33. The van der Waals surface area contributed by atoms with E-state index in [1.807, 2.05) is 30.5 Å². The summed E-state index contributed by atoms with van der Waals surface area (Å²) in [5.74, 6) is 0.00255. The molecule has 0 atom stereocenters. The number of nitrogens with zero attached hydrogens (tertiary/aromatic N) is 1. The van der Waals surface area contributed by atoms with Gasteiger partial charge in [0.15, 0.2) is 0 Å². The number of H-pyrrole nitrogens is 1. The number of rotatable bonds is 7. The van der Waals surface area contributed by atoms with Gasteiger partial charge in [-0.05, 0) is 37.7 Å². The molecule has 0 aliphatic heterocycles. The predicted molar refractivity (Wildman–Crippen MR) is 83.0 cm³/mol. The minimum Gasteiger partial charge on any atom is -0.361 e. The van der Waals surface area contributed by atoms with Crippen LogP contribution in [0, 0.1) is 0 Å². The lowest BCUT2D eigenvalue weighted by atomic mass is 10.1.